The molecule has 3 atom stereocenters. The lowest BCUT2D eigenvalue weighted by molar-refractivity contribution is 0.0336. The number of hydrogen-bond acceptors (Lipinski definition) is 2. The van der Waals surface area contributed by atoms with Crippen LogP contribution in [0.25, 0.3) is 0 Å². The van der Waals surface area contributed by atoms with Crippen molar-refractivity contribution in [1.82, 2.24) is 5.32 Å². The molecule has 1 fully saturated rings. The first-order valence-electron chi connectivity index (χ1n) is 5.77. The van der Waals surface area contributed by atoms with Crippen LogP contribution in [0.3, 0.4) is 0 Å². The summed E-state index contributed by atoms with van der Waals surface area (Å²) in [6.45, 7) is 5.90. The Morgan fingerprint density at radius 2 is 2.19 bits per heavy atom. The highest BCUT2D eigenvalue weighted by Crippen LogP contribution is 2.24. The first-order chi connectivity index (χ1) is 7.66. The molecule has 1 saturated heterocycles. The lowest BCUT2D eigenvalue weighted by atomic mass is 10.0. The number of halogens is 1. The van der Waals surface area contributed by atoms with Gasteiger partial charge in [0, 0.05) is 12.6 Å². The molecule has 1 aromatic carbocycles. The monoisotopic (exact) mass is 223 g/mol. The van der Waals surface area contributed by atoms with E-state index in [-0.39, 0.29) is 18.0 Å². The summed E-state index contributed by atoms with van der Waals surface area (Å²) in [6.07, 6.45) is -0.0550. The van der Waals surface area contributed by atoms with Crippen LogP contribution in [0.15, 0.2) is 24.3 Å². The van der Waals surface area contributed by atoms with Crippen LogP contribution in [0.5, 0.6) is 0 Å². The van der Waals surface area contributed by atoms with Gasteiger partial charge in [-0.05, 0) is 30.5 Å². The fourth-order valence-corrected chi connectivity index (χ4v) is 2.03. The van der Waals surface area contributed by atoms with Gasteiger partial charge < -0.3 is 10.1 Å². The first kappa shape index (κ1) is 11.6. The highest BCUT2D eigenvalue weighted by molar-refractivity contribution is 5.20. The molecule has 0 saturated carbocycles. The summed E-state index contributed by atoms with van der Waals surface area (Å²) in [5, 5.41) is 3.41. The third-order valence-corrected chi connectivity index (χ3v) is 2.98. The number of ether oxygens (including phenoxy) is 1. The Morgan fingerprint density at radius 3 is 2.94 bits per heavy atom. The molecule has 0 aliphatic carbocycles. The maximum absolute atomic E-state index is 13.2. The largest absolute Gasteiger partial charge is 0.372 e. The number of rotatable bonds is 1. The Bertz CT molecular complexity index is 356. The van der Waals surface area contributed by atoms with Gasteiger partial charge in [0.05, 0.1) is 12.7 Å². The van der Waals surface area contributed by atoms with Crippen LogP contribution < -0.4 is 5.32 Å². The lowest BCUT2D eigenvalue weighted by Gasteiger charge is -2.22. The first-order valence-corrected chi connectivity index (χ1v) is 5.77. The average molecular weight is 223 g/mol. The molecule has 0 spiro atoms. The SMILES string of the molecule is CC1CNC(C)C(c2cccc(F)c2)OC1. The minimum atomic E-state index is -0.203. The lowest BCUT2D eigenvalue weighted by Crippen LogP contribution is -2.32. The van der Waals surface area contributed by atoms with Crippen molar-refractivity contribution in [1.29, 1.82) is 0 Å². The Morgan fingerprint density at radius 1 is 1.38 bits per heavy atom. The molecular weight excluding hydrogens is 205 g/mol. The maximum Gasteiger partial charge on any atom is 0.123 e. The molecule has 2 rings (SSSR count). The highest BCUT2D eigenvalue weighted by Gasteiger charge is 2.24. The molecule has 1 aliphatic rings. The predicted molar refractivity (Wildman–Crippen MR) is 61.7 cm³/mol. The summed E-state index contributed by atoms with van der Waals surface area (Å²) in [6, 6.07) is 6.88. The van der Waals surface area contributed by atoms with Gasteiger partial charge >= 0.3 is 0 Å². The molecule has 16 heavy (non-hydrogen) atoms. The Hall–Kier alpha value is -0.930. The second-order valence-electron chi connectivity index (χ2n) is 4.61. The summed E-state index contributed by atoms with van der Waals surface area (Å²) < 4.78 is 19.0. The van der Waals surface area contributed by atoms with E-state index in [0.717, 1.165) is 18.7 Å². The normalized spacial score (nSPS) is 31.1. The Labute approximate surface area is 95.8 Å². The van der Waals surface area contributed by atoms with Gasteiger partial charge in [-0.15, -0.1) is 0 Å². The minimum absolute atomic E-state index is 0.0550. The quantitative estimate of drug-likeness (QED) is 0.790. The molecule has 1 aromatic rings. The van der Waals surface area contributed by atoms with Crippen molar-refractivity contribution in [3.63, 3.8) is 0 Å². The second kappa shape index (κ2) is 4.93. The topological polar surface area (TPSA) is 21.3 Å². The van der Waals surface area contributed by atoms with Gasteiger partial charge in [-0.1, -0.05) is 19.1 Å². The van der Waals surface area contributed by atoms with Crippen LogP contribution in [0, 0.1) is 11.7 Å². The smallest absolute Gasteiger partial charge is 0.123 e. The summed E-state index contributed by atoms with van der Waals surface area (Å²) in [5.74, 6) is 0.298. The van der Waals surface area contributed by atoms with Gasteiger partial charge in [-0.25, -0.2) is 4.39 Å². The van der Waals surface area contributed by atoms with E-state index in [1.807, 2.05) is 6.07 Å². The molecular formula is C13H18FNO. The molecule has 3 unspecified atom stereocenters. The van der Waals surface area contributed by atoms with Gasteiger partial charge in [0.25, 0.3) is 0 Å². The van der Waals surface area contributed by atoms with Gasteiger partial charge in [0.1, 0.15) is 5.82 Å². The van der Waals surface area contributed by atoms with Crippen LogP contribution in [0.1, 0.15) is 25.5 Å². The van der Waals surface area contributed by atoms with Crippen molar-refractivity contribution in [2.45, 2.75) is 26.0 Å². The zero-order chi connectivity index (χ0) is 11.5. The zero-order valence-corrected chi connectivity index (χ0v) is 9.74. The second-order valence-corrected chi connectivity index (χ2v) is 4.61. The van der Waals surface area contributed by atoms with Gasteiger partial charge in [0.2, 0.25) is 0 Å². The molecule has 1 aliphatic heterocycles. The standard InChI is InChI=1S/C13H18FNO/c1-9-7-15-10(2)13(16-8-9)11-4-3-5-12(14)6-11/h3-6,9-10,13,15H,7-8H2,1-2H3. The number of nitrogens with one attached hydrogen (secondary N) is 1. The third kappa shape index (κ3) is 2.60. The van der Waals surface area contributed by atoms with Crippen LogP contribution in [-0.2, 0) is 4.74 Å². The summed E-state index contributed by atoms with van der Waals surface area (Å²) in [7, 11) is 0. The van der Waals surface area contributed by atoms with Crippen LogP contribution in [-0.4, -0.2) is 19.2 Å². The molecule has 1 heterocycles. The molecule has 0 amide bonds. The van der Waals surface area contributed by atoms with E-state index >= 15 is 0 Å². The van der Waals surface area contributed by atoms with Crippen molar-refractivity contribution >= 4 is 0 Å². The van der Waals surface area contributed by atoms with E-state index in [2.05, 4.69) is 19.2 Å². The van der Waals surface area contributed by atoms with Crippen molar-refractivity contribution in [3.8, 4) is 0 Å². The van der Waals surface area contributed by atoms with Gasteiger partial charge in [0.15, 0.2) is 0 Å². The number of hydrogen-bond donors (Lipinski definition) is 1. The van der Waals surface area contributed by atoms with E-state index in [4.69, 9.17) is 4.74 Å². The predicted octanol–water partition coefficient (Wildman–Crippen LogP) is 2.51. The van der Waals surface area contributed by atoms with Crippen LogP contribution >= 0.6 is 0 Å². The average Bonchev–Trinajstić information content (AvgIpc) is 2.42. The third-order valence-electron chi connectivity index (χ3n) is 2.98. The Balaban J connectivity index is 2.18. The van der Waals surface area contributed by atoms with Crippen molar-refractivity contribution in [2.24, 2.45) is 5.92 Å². The fourth-order valence-electron chi connectivity index (χ4n) is 2.03. The minimum Gasteiger partial charge on any atom is -0.372 e. The molecule has 0 aromatic heterocycles. The van der Waals surface area contributed by atoms with E-state index in [0.29, 0.717) is 5.92 Å². The zero-order valence-electron chi connectivity index (χ0n) is 9.74. The molecule has 88 valence electrons. The molecule has 0 bridgehead atoms. The summed E-state index contributed by atoms with van der Waals surface area (Å²) >= 11 is 0. The van der Waals surface area contributed by atoms with Crippen molar-refractivity contribution < 1.29 is 9.13 Å². The van der Waals surface area contributed by atoms with Gasteiger partial charge in [-0.2, -0.15) is 0 Å². The maximum atomic E-state index is 13.2. The van der Waals surface area contributed by atoms with Crippen molar-refractivity contribution in [3.05, 3.63) is 35.6 Å². The Kier molecular flexibility index (Phi) is 3.56. The summed E-state index contributed by atoms with van der Waals surface area (Å²) in [5.41, 5.74) is 0.911. The summed E-state index contributed by atoms with van der Waals surface area (Å²) in [4.78, 5) is 0. The molecule has 1 N–H and O–H groups in total. The van der Waals surface area contributed by atoms with E-state index in [1.54, 1.807) is 12.1 Å². The number of benzene rings is 1. The van der Waals surface area contributed by atoms with Crippen LogP contribution in [0.4, 0.5) is 4.39 Å². The van der Waals surface area contributed by atoms with E-state index in [9.17, 15) is 4.39 Å². The molecule has 3 heteroatoms. The molecule has 2 nitrogen and oxygen atoms in total. The van der Waals surface area contributed by atoms with E-state index < -0.39 is 0 Å². The van der Waals surface area contributed by atoms with E-state index in [1.165, 1.54) is 6.07 Å². The van der Waals surface area contributed by atoms with Crippen molar-refractivity contribution in [2.75, 3.05) is 13.2 Å². The molecule has 0 radical (unpaired) electrons. The fraction of sp³-hybridized carbons (Fsp3) is 0.538. The van der Waals surface area contributed by atoms with Gasteiger partial charge in [-0.3, -0.25) is 0 Å². The highest BCUT2D eigenvalue weighted by atomic mass is 19.1. The van der Waals surface area contributed by atoms with Crippen LogP contribution in [0.2, 0.25) is 0 Å².